The maximum Gasteiger partial charge on any atom is -0.0234 e. The SMILES string of the molecule is CCCCC(C=CCC(CC)CCCC)CCC. The van der Waals surface area contributed by atoms with Gasteiger partial charge in [-0.2, -0.15) is 0 Å². The monoisotopic (exact) mass is 252 g/mol. The third-order valence-electron chi connectivity index (χ3n) is 4.01. The fourth-order valence-corrected chi connectivity index (χ4v) is 2.62. The topological polar surface area (TPSA) is 0 Å². The highest BCUT2D eigenvalue weighted by atomic mass is 14.1. The van der Waals surface area contributed by atoms with Crippen molar-refractivity contribution in [3.05, 3.63) is 12.2 Å². The van der Waals surface area contributed by atoms with E-state index in [9.17, 15) is 0 Å². The lowest BCUT2D eigenvalue weighted by Crippen LogP contribution is -1.99. The van der Waals surface area contributed by atoms with Crippen molar-refractivity contribution < 1.29 is 0 Å². The normalized spacial score (nSPS) is 15.1. The van der Waals surface area contributed by atoms with Crippen molar-refractivity contribution in [2.24, 2.45) is 11.8 Å². The zero-order valence-electron chi connectivity index (χ0n) is 13.4. The van der Waals surface area contributed by atoms with Crippen molar-refractivity contribution >= 4 is 0 Å². The van der Waals surface area contributed by atoms with Crippen molar-refractivity contribution in [2.45, 2.75) is 91.9 Å². The van der Waals surface area contributed by atoms with Gasteiger partial charge >= 0.3 is 0 Å². The van der Waals surface area contributed by atoms with E-state index in [1.54, 1.807) is 0 Å². The van der Waals surface area contributed by atoms with Crippen LogP contribution in [-0.2, 0) is 0 Å². The molecule has 0 aromatic carbocycles. The predicted molar refractivity (Wildman–Crippen MR) is 85.0 cm³/mol. The fourth-order valence-electron chi connectivity index (χ4n) is 2.62. The van der Waals surface area contributed by atoms with Crippen LogP contribution in [0.1, 0.15) is 91.9 Å². The third kappa shape index (κ3) is 9.74. The van der Waals surface area contributed by atoms with E-state index in [-0.39, 0.29) is 0 Å². The van der Waals surface area contributed by atoms with Gasteiger partial charge in [0, 0.05) is 0 Å². The second-order valence-electron chi connectivity index (χ2n) is 5.77. The lowest BCUT2D eigenvalue weighted by Gasteiger charge is -2.13. The third-order valence-corrected chi connectivity index (χ3v) is 4.01. The summed E-state index contributed by atoms with van der Waals surface area (Å²) in [7, 11) is 0. The molecule has 18 heavy (non-hydrogen) atoms. The Labute approximate surface area is 116 Å². The van der Waals surface area contributed by atoms with Gasteiger partial charge in [-0.05, 0) is 31.1 Å². The fraction of sp³-hybridized carbons (Fsp3) is 0.889. The van der Waals surface area contributed by atoms with Crippen molar-refractivity contribution in [3.63, 3.8) is 0 Å². The molecule has 0 fully saturated rings. The first-order chi connectivity index (χ1) is 8.78. The van der Waals surface area contributed by atoms with Gasteiger partial charge in [-0.1, -0.05) is 84.8 Å². The molecule has 0 amide bonds. The molecule has 0 aromatic heterocycles. The first-order valence-corrected chi connectivity index (χ1v) is 8.44. The molecule has 0 saturated carbocycles. The van der Waals surface area contributed by atoms with Gasteiger partial charge in [-0.15, -0.1) is 0 Å². The Morgan fingerprint density at radius 3 is 2.00 bits per heavy atom. The van der Waals surface area contributed by atoms with Crippen LogP contribution in [0.25, 0.3) is 0 Å². The molecule has 0 bridgehead atoms. The average molecular weight is 252 g/mol. The Morgan fingerprint density at radius 1 is 0.778 bits per heavy atom. The van der Waals surface area contributed by atoms with Crippen LogP contribution < -0.4 is 0 Å². The first-order valence-electron chi connectivity index (χ1n) is 8.44. The van der Waals surface area contributed by atoms with Crippen molar-refractivity contribution in [1.29, 1.82) is 0 Å². The van der Waals surface area contributed by atoms with Crippen LogP contribution in [-0.4, -0.2) is 0 Å². The molecule has 0 aliphatic heterocycles. The van der Waals surface area contributed by atoms with Gasteiger partial charge in [0.25, 0.3) is 0 Å². The lowest BCUT2D eigenvalue weighted by molar-refractivity contribution is 0.452. The van der Waals surface area contributed by atoms with E-state index in [1.165, 1.54) is 64.2 Å². The lowest BCUT2D eigenvalue weighted by atomic mass is 9.92. The number of hydrogen-bond acceptors (Lipinski definition) is 0. The standard InChI is InChI=1S/C18H36/c1-5-9-13-17(8-4)15-11-16-18(12-7-3)14-10-6-2/h11,16-18H,5-10,12-15H2,1-4H3. The second-order valence-corrected chi connectivity index (χ2v) is 5.77. The predicted octanol–water partition coefficient (Wildman–Crippen LogP) is 6.76. The summed E-state index contributed by atoms with van der Waals surface area (Å²) in [6.07, 6.45) is 18.7. The molecule has 0 radical (unpaired) electrons. The maximum atomic E-state index is 2.52. The van der Waals surface area contributed by atoms with E-state index < -0.39 is 0 Å². The summed E-state index contributed by atoms with van der Waals surface area (Å²) in [6.45, 7) is 9.24. The summed E-state index contributed by atoms with van der Waals surface area (Å²) < 4.78 is 0. The van der Waals surface area contributed by atoms with Gasteiger partial charge in [0.05, 0.1) is 0 Å². The molecule has 0 saturated heterocycles. The van der Waals surface area contributed by atoms with Gasteiger partial charge in [0.1, 0.15) is 0 Å². The van der Waals surface area contributed by atoms with Gasteiger partial charge in [-0.25, -0.2) is 0 Å². The van der Waals surface area contributed by atoms with Crippen molar-refractivity contribution in [3.8, 4) is 0 Å². The Hall–Kier alpha value is -0.260. The van der Waals surface area contributed by atoms with Gasteiger partial charge in [0.15, 0.2) is 0 Å². The second kappa shape index (κ2) is 13.2. The summed E-state index contributed by atoms with van der Waals surface area (Å²) in [5.41, 5.74) is 0. The minimum Gasteiger partial charge on any atom is -0.0880 e. The number of hydrogen-bond donors (Lipinski definition) is 0. The Bertz CT molecular complexity index is 180. The Kier molecular flexibility index (Phi) is 13.0. The largest absolute Gasteiger partial charge is 0.0880 e. The minimum absolute atomic E-state index is 0.846. The average Bonchev–Trinajstić information content (AvgIpc) is 2.39. The van der Waals surface area contributed by atoms with E-state index >= 15 is 0 Å². The Morgan fingerprint density at radius 2 is 1.44 bits per heavy atom. The molecule has 0 heteroatoms. The molecule has 0 N–H and O–H groups in total. The maximum absolute atomic E-state index is 2.52. The van der Waals surface area contributed by atoms with Crippen LogP contribution in [0.5, 0.6) is 0 Å². The van der Waals surface area contributed by atoms with E-state index in [1.807, 2.05) is 0 Å². The van der Waals surface area contributed by atoms with E-state index in [2.05, 4.69) is 39.8 Å². The molecule has 108 valence electrons. The smallest absolute Gasteiger partial charge is 0.0234 e. The molecule has 0 nitrogen and oxygen atoms in total. The van der Waals surface area contributed by atoms with Crippen LogP contribution in [0.4, 0.5) is 0 Å². The molecular weight excluding hydrogens is 216 g/mol. The van der Waals surface area contributed by atoms with Crippen LogP contribution in [0.15, 0.2) is 12.2 Å². The van der Waals surface area contributed by atoms with E-state index in [0.717, 1.165) is 11.8 Å². The van der Waals surface area contributed by atoms with Crippen LogP contribution in [0, 0.1) is 11.8 Å². The molecule has 2 unspecified atom stereocenters. The zero-order chi connectivity index (χ0) is 13.6. The number of rotatable bonds is 12. The molecule has 0 rings (SSSR count). The summed E-state index contributed by atoms with van der Waals surface area (Å²) in [5, 5.41) is 0. The van der Waals surface area contributed by atoms with E-state index in [0.29, 0.717) is 0 Å². The summed E-state index contributed by atoms with van der Waals surface area (Å²) in [5.74, 6) is 1.77. The molecule has 0 heterocycles. The highest BCUT2D eigenvalue weighted by Crippen LogP contribution is 2.20. The molecule has 0 aliphatic carbocycles. The Balaban J connectivity index is 3.97. The molecule has 0 spiro atoms. The highest BCUT2D eigenvalue weighted by molar-refractivity contribution is 4.89. The minimum atomic E-state index is 0.846. The van der Waals surface area contributed by atoms with Gasteiger partial charge in [0.2, 0.25) is 0 Å². The number of allylic oxidation sites excluding steroid dienone is 2. The quantitative estimate of drug-likeness (QED) is 0.337. The molecule has 0 aromatic rings. The van der Waals surface area contributed by atoms with Crippen LogP contribution in [0.3, 0.4) is 0 Å². The number of unbranched alkanes of at least 4 members (excludes halogenated alkanes) is 2. The highest BCUT2D eigenvalue weighted by Gasteiger charge is 2.05. The first kappa shape index (κ1) is 17.7. The van der Waals surface area contributed by atoms with Crippen LogP contribution >= 0.6 is 0 Å². The molecule has 0 aliphatic rings. The summed E-state index contributed by atoms with van der Waals surface area (Å²) >= 11 is 0. The molecule has 2 atom stereocenters. The van der Waals surface area contributed by atoms with Gasteiger partial charge < -0.3 is 0 Å². The summed E-state index contributed by atoms with van der Waals surface area (Å²) in [6, 6.07) is 0. The zero-order valence-corrected chi connectivity index (χ0v) is 13.4. The van der Waals surface area contributed by atoms with E-state index in [4.69, 9.17) is 0 Å². The van der Waals surface area contributed by atoms with Crippen molar-refractivity contribution in [2.75, 3.05) is 0 Å². The molecular formula is C18H36. The van der Waals surface area contributed by atoms with Crippen LogP contribution in [0.2, 0.25) is 0 Å². The summed E-state index contributed by atoms with van der Waals surface area (Å²) in [4.78, 5) is 0. The van der Waals surface area contributed by atoms with Gasteiger partial charge in [-0.3, -0.25) is 0 Å². The van der Waals surface area contributed by atoms with Crippen molar-refractivity contribution in [1.82, 2.24) is 0 Å².